The van der Waals surface area contributed by atoms with Crippen molar-refractivity contribution in [2.75, 3.05) is 24.2 Å². The Hall–Kier alpha value is -4.78. The number of hydrogen-bond acceptors (Lipinski definition) is 10. The van der Waals surface area contributed by atoms with Crippen LogP contribution in [0, 0.1) is 16.7 Å². The topological polar surface area (TPSA) is 300 Å². The van der Waals surface area contributed by atoms with E-state index in [1.807, 2.05) is 31.3 Å². The van der Waals surface area contributed by atoms with Gasteiger partial charge in [0, 0.05) is 29.6 Å². The van der Waals surface area contributed by atoms with E-state index in [4.69, 9.17) is 5.73 Å². The molecule has 0 aliphatic carbocycles. The van der Waals surface area contributed by atoms with Crippen molar-refractivity contribution in [1.29, 1.82) is 0 Å². The molecule has 0 spiro atoms. The standard InChI is InChI=1S/C35H55N6O12S/c1-21(2)16-18-37-23-12-10-22(11-13-23)29(44)38-17-8-7-9-24(28(36)43)39-27(42)15-14-25(31(46)47)40-30(45)26(19-54(51,52)53)41-32(48)34(3,4)20-35(5,6)33(49)50/h10-13,24-26,37H,7-9,14-20H2,1-6H3,(H2,36,43)(H,38,44)(H,39,42)(H,40,45)(H,41,48)(H,46,47)(H,49,50)(H,51,52,53)/q-1. The number of carboxylic acids is 2. The second-order valence-electron chi connectivity index (χ2n) is 14.7. The summed E-state index contributed by atoms with van der Waals surface area (Å²) >= 11 is 0. The number of benzene rings is 1. The van der Waals surface area contributed by atoms with Crippen LogP contribution in [0.15, 0.2) is 24.3 Å². The Morgan fingerprint density at radius 3 is 1.94 bits per heavy atom. The van der Waals surface area contributed by atoms with Gasteiger partial charge in [0.05, 0.1) is 5.41 Å². The highest BCUT2D eigenvalue weighted by Crippen LogP contribution is 2.34. The van der Waals surface area contributed by atoms with Crippen LogP contribution in [0.4, 0.5) is 5.69 Å². The zero-order chi connectivity index (χ0) is 41.4. The average molecular weight is 784 g/mol. The second kappa shape index (κ2) is 21.2. The minimum atomic E-state index is -4.89. The highest BCUT2D eigenvalue weighted by Gasteiger charge is 2.41. The van der Waals surface area contributed by atoms with Gasteiger partial charge in [-0.25, -0.2) is 4.79 Å². The zero-order valence-corrected chi connectivity index (χ0v) is 32.4. The van der Waals surface area contributed by atoms with Gasteiger partial charge in [-0.1, -0.05) is 13.8 Å². The van der Waals surface area contributed by atoms with Crippen molar-refractivity contribution >= 4 is 57.3 Å². The summed E-state index contributed by atoms with van der Waals surface area (Å²) in [5, 5.41) is 31.8. The van der Waals surface area contributed by atoms with Crippen molar-refractivity contribution in [3.8, 4) is 0 Å². The van der Waals surface area contributed by atoms with Crippen molar-refractivity contribution in [3.63, 3.8) is 0 Å². The SMILES string of the molecule is C[C-](C)CCNc1ccc(C(=O)NCCCCC(NC(=O)CCC(NC(=O)C(CS(=O)(=O)O)NC(=O)C(C)(C)CC(C)(C)C(=O)O)C(=O)O)C(N)=O)cc1. The Morgan fingerprint density at radius 1 is 0.815 bits per heavy atom. The largest absolute Gasteiger partial charge is 0.481 e. The average Bonchev–Trinajstić information content (AvgIpc) is 3.04. The first-order valence-corrected chi connectivity index (χ1v) is 19.0. The summed E-state index contributed by atoms with van der Waals surface area (Å²) in [6.07, 6.45) is 0.591. The van der Waals surface area contributed by atoms with Gasteiger partial charge < -0.3 is 48.4 Å². The van der Waals surface area contributed by atoms with E-state index in [-0.39, 0.29) is 25.3 Å². The number of carboxylic acid groups (broad SMARTS) is 2. The molecular formula is C35H55N6O12S-. The Morgan fingerprint density at radius 2 is 1.43 bits per heavy atom. The predicted molar refractivity (Wildman–Crippen MR) is 198 cm³/mol. The van der Waals surface area contributed by atoms with Crippen LogP contribution in [-0.2, 0) is 38.9 Å². The first-order chi connectivity index (χ1) is 24.8. The number of primary amides is 1. The van der Waals surface area contributed by atoms with Crippen LogP contribution >= 0.6 is 0 Å². The van der Waals surface area contributed by atoms with Gasteiger partial charge in [0.15, 0.2) is 0 Å². The second-order valence-corrected chi connectivity index (χ2v) is 16.2. The molecule has 0 aliphatic rings. The number of nitrogens with two attached hydrogens (primary N) is 1. The van der Waals surface area contributed by atoms with Gasteiger partial charge >= 0.3 is 11.9 Å². The molecular weight excluding hydrogens is 728 g/mol. The third kappa shape index (κ3) is 17.8. The van der Waals surface area contributed by atoms with Crippen LogP contribution < -0.4 is 32.3 Å². The van der Waals surface area contributed by atoms with Gasteiger partial charge in [0.1, 0.15) is 23.9 Å². The predicted octanol–water partition coefficient (Wildman–Crippen LogP) is 1.22. The molecule has 1 aromatic carbocycles. The fourth-order valence-corrected chi connectivity index (χ4v) is 5.99. The van der Waals surface area contributed by atoms with Crippen molar-refractivity contribution in [3.05, 3.63) is 35.7 Å². The maximum absolute atomic E-state index is 13.0. The molecule has 1 rings (SSSR count). The third-order valence-electron chi connectivity index (χ3n) is 8.34. The van der Waals surface area contributed by atoms with Gasteiger partial charge in [0.2, 0.25) is 23.6 Å². The van der Waals surface area contributed by atoms with Gasteiger partial charge in [-0.3, -0.25) is 33.3 Å². The molecule has 3 unspecified atom stereocenters. The number of carbonyl (C=O) groups is 7. The summed E-state index contributed by atoms with van der Waals surface area (Å²) in [6.45, 7) is 10.6. The Kier molecular flexibility index (Phi) is 18.5. The molecule has 0 saturated carbocycles. The molecule has 0 fully saturated rings. The molecule has 18 nitrogen and oxygen atoms in total. The molecule has 10 N–H and O–H groups in total. The van der Waals surface area contributed by atoms with Gasteiger partial charge in [-0.2, -0.15) is 28.7 Å². The molecule has 0 aliphatic heterocycles. The lowest BCUT2D eigenvalue weighted by Gasteiger charge is -2.32. The minimum absolute atomic E-state index is 0.113. The summed E-state index contributed by atoms with van der Waals surface area (Å²) in [4.78, 5) is 86.7. The molecule has 54 heavy (non-hydrogen) atoms. The van der Waals surface area contributed by atoms with Crippen LogP contribution in [-0.4, -0.2) is 102 Å². The van der Waals surface area contributed by atoms with Crippen LogP contribution in [0.1, 0.15) is 96.8 Å². The number of aliphatic carboxylic acids is 2. The zero-order valence-electron chi connectivity index (χ0n) is 31.6. The van der Waals surface area contributed by atoms with E-state index in [1.54, 1.807) is 12.1 Å². The van der Waals surface area contributed by atoms with E-state index >= 15 is 0 Å². The molecule has 3 atom stereocenters. The molecule has 0 aromatic heterocycles. The highest BCUT2D eigenvalue weighted by atomic mass is 32.2. The fraction of sp³-hybridized carbons (Fsp3) is 0.600. The van der Waals surface area contributed by atoms with Gasteiger partial charge in [-0.15, -0.1) is 0 Å². The Balaban J connectivity index is 2.72. The van der Waals surface area contributed by atoms with Crippen LogP contribution in [0.2, 0.25) is 0 Å². The molecule has 0 heterocycles. The first kappa shape index (κ1) is 47.2. The minimum Gasteiger partial charge on any atom is -0.481 e. The van der Waals surface area contributed by atoms with Crippen LogP contribution in [0.25, 0.3) is 0 Å². The van der Waals surface area contributed by atoms with E-state index in [9.17, 15) is 56.7 Å². The summed E-state index contributed by atoms with van der Waals surface area (Å²) in [5.74, 6) is -7.02. The Bertz CT molecular complexity index is 1600. The summed E-state index contributed by atoms with van der Waals surface area (Å²) in [5.41, 5.74) is 3.96. The monoisotopic (exact) mass is 783 g/mol. The van der Waals surface area contributed by atoms with E-state index in [2.05, 4.69) is 21.3 Å². The first-order valence-electron chi connectivity index (χ1n) is 17.4. The maximum Gasteiger partial charge on any atom is 0.326 e. The number of anilines is 1. The van der Waals surface area contributed by atoms with E-state index in [0.717, 1.165) is 18.7 Å². The molecule has 1 aromatic rings. The highest BCUT2D eigenvalue weighted by molar-refractivity contribution is 7.85. The molecule has 0 radical (unpaired) electrons. The quantitative estimate of drug-likeness (QED) is 0.0383. The van der Waals surface area contributed by atoms with E-state index < -0.39 is 93.2 Å². The number of nitrogens with one attached hydrogen (secondary N) is 5. The molecule has 0 saturated heterocycles. The van der Waals surface area contributed by atoms with Crippen molar-refractivity contribution in [2.45, 2.75) is 105 Å². The number of rotatable bonds is 25. The molecule has 5 amide bonds. The lowest BCUT2D eigenvalue weighted by Crippen LogP contribution is -2.56. The molecule has 0 bridgehead atoms. The number of unbranched alkanes of at least 4 members (excludes halogenated alkanes) is 1. The van der Waals surface area contributed by atoms with Crippen LogP contribution in [0.5, 0.6) is 0 Å². The lowest BCUT2D eigenvalue weighted by molar-refractivity contribution is -0.150. The smallest absolute Gasteiger partial charge is 0.326 e. The van der Waals surface area contributed by atoms with Crippen molar-refractivity contribution in [2.24, 2.45) is 16.6 Å². The lowest BCUT2D eigenvalue weighted by atomic mass is 9.74. The fourth-order valence-electron chi connectivity index (χ4n) is 5.34. The third-order valence-corrected chi connectivity index (χ3v) is 9.09. The van der Waals surface area contributed by atoms with Crippen molar-refractivity contribution in [1.82, 2.24) is 21.3 Å². The van der Waals surface area contributed by atoms with Crippen LogP contribution in [0.3, 0.4) is 0 Å². The Labute approximate surface area is 315 Å². The van der Waals surface area contributed by atoms with Gasteiger partial charge in [-0.05, 0) is 76.8 Å². The molecule has 19 heteroatoms. The van der Waals surface area contributed by atoms with E-state index in [0.29, 0.717) is 18.4 Å². The summed E-state index contributed by atoms with van der Waals surface area (Å²) in [6, 6.07) is 2.14. The van der Waals surface area contributed by atoms with Gasteiger partial charge in [0.25, 0.3) is 16.0 Å². The number of amides is 5. The van der Waals surface area contributed by atoms with E-state index in [1.165, 1.54) is 33.6 Å². The maximum atomic E-state index is 13.0. The van der Waals surface area contributed by atoms with Crippen molar-refractivity contribution < 1.29 is 56.7 Å². The normalized spacial score (nSPS) is 13.6. The summed E-state index contributed by atoms with van der Waals surface area (Å²) in [7, 11) is -4.89. The number of hydrogen-bond donors (Lipinski definition) is 9. The molecule has 304 valence electrons. The summed E-state index contributed by atoms with van der Waals surface area (Å²) < 4.78 is 32.7. The number of carbonyl (C=O) groups excluding carboxylic acids is 5.